The highest BCUT2D eigenvalue weighted by Crippen LogP contribution is 2.55. The Labute approximate surface area is 322 Å². The van der Waals surface area contributed by atoms with E-state index in [1.165, 1.54) is 110 Å². The highest BCUT2D eigenvalue weighted by Gasteiger charge is 2.37. The van der Waals surface area contributed by atoms with Crippen molar-refractivity contribution in [3.05, 3.63) is 205 Å². The Morgan fingerprint density at radius 2 is 0.836 bits per heavy atom. The number of fused-ring (bicyclic) bond motifs is 7. The van der Waals surface area contributed by atoms with Gasteiger partial charge in [-0.15, -0.1) is 0 Å². The quantitative estimate of drug-likeness (QED) is 0.161. The van der Waals surface area contributed by atoms with Crippen LogP contribution in [0.5, 0.6) is 0 Å². The largest absolute Gasteiger partial charge is 0.0622 e. The molecule has 0 aliphatic heterocycles. The van der Waals surface area contributed by atoms with Crippen LogP contribution in [-0.2, 0) is 5.41 Å². The number of benzene rings is 10. The minimum absolute atomic E-state index is 0.0889. The molecule has 0 aromatic heterocycles. The van der Waals surface area contributed by atoms with Crippen LogP contribution in [0, 0.1) is 0 Å². The SMILES string of the molecule is CC1(C)c2ccccc2-c2c(-c3c4ccccc4c(-c4ccc(-c5ccc6ccccc6c5)c5ccccc45)c4ccc(-c5ccccc5)cc34)cccc21. The highest BCUT2D eigenvalue weighted by molar-refractivity contribution is 6.25. The second-order valence-electron chi connectivity index (χ2n) is 15.6. The minimum atomic E-state index is -0.0889. The van der Waals surface area contributed by atoms with Gasteiger partial charge < -0.3 is 0 Å². The summed E-state index contributed by atoms with van der Waals surface area (Å²) >= 11 is 0. The molecule has 0 saturated heterocycles. The summed E-state index contributed by atoms with van der Waals surface area (Å²) < 4.78 is 0. The van der Waals surface area contributed by atoms with Crippen LogP contribution in [0.4, 0.5) is 0 Å². The van der Waals surface area contributed by atoms with Crippen LogP contribution in [0.3, 0.4) is 0 Å². The van der Waals surface area contributed by atoms with Crippen molar-refractivity contribution >= 4 is 43.1 Å². The molecule has 10 aromatic rings. The number of hydrogen-bond acceptors (Lipinski definition) is 0. The Bertz CT molecular complexity index is 3160. The average molecular weight is 699 g/mol. The molecule has 0 spiro atoms. The predicted octanol–water partition coefficient (Wildman–Crippen LogP) is 15.3. The maximum atomic E-state index is 2.45. The normalized spacial score (nSPS) is 13.1. The van der Waals surface area contributed by atoms with Gasteiger partial charge in [0.2, 0.25) is 0 Å². The summed E-state index contributed by atoms with van der Waals surface area (Å²) in [5.41, 5.74) is 15.5. The maximum Gasteiger partial charge on any atom is 0.0159 e. The molecule has 10 aromatic carbocycles. The molecule has 11 rings (SSSR count). The summed E-state index contributed by atoms with van der Waals surface area (Å²) in [7, 11) is 0. The third-order valence-electron chi connectivity index (χ3n) is 12.3. The molecule has 0 fully saturated rings. The first-order chi connectivity index (χ1) is 27.1. The first-order valence-electron chi connectivity index (χ1n) is 19.4. The van der Waals surface area contributed by atoms with Gasteiger partial charge in [0.25, 0.3) is 0 Å². The Morgan fingerprint density at radius 3 is 1.64 bits per heavy atom. The van der Waals surface area contributed by atoms with E-state index < -0.39 is 0 Å². The lowest BCUT2D eigenvalue weighted by atomic mass is 9.80. The monoisotopic (exact) mass is 698 g/mol. The molecule has 0 radical (unpaired) electrons. The van der Waals surface area contributed by atoms with Crippen molar-refractivity contribution in [2.45, 2.75) is 19.3 Å². The summed E-state index contributed by atoms with van der Waals surface area (Å²) in [5, 5.41) is 10.1. The first-order valence-corrected chi connectivity index (χ1v) is 19.4. The fourth-order valence-corrected chi connectivity index (χ4v) is 9.66. The second-order valence-corrected chi connectivity index (χ2v) is 15.6. The molecule has 1 aliphatic carbocycles. The predicted molar refractivity (Wildman–Crippen MR) is 236 cm³/mol. The molecule has 0 bridgehead atoms. The van der Waals surface area contributed by atoms with Crippen molar-refractivity contribution < 1.29 is 0 Å². The first kappa shape index (κ1) is 31.7. The van der Waals surface area contributed by atoms with Gasteiger partial charge in [0.15, 0.2) is 0 Å². The Hall–Kier alpha value is -6.76. The smallest absolute Gasteiger partial charge is 0.0159 e. The summed E-state index contributed by atoms with van der Waals surface area (Å²) in [4.78, 5) is 0. The van der Waals surface area contributed by atoms with E-state index in [1.807, 2.05) is 0 Å². The van der Waals surface area contributed by atoms with Crippen molar-refractivity contribution in [3.8, 4) is 55.6 Å². The zero-order valence-corrected chi connectivity index (χ0v) is 31.0. The van der Waals surface area contributed by atoms with E-state index in [1.54, 1.807) is 0 Å². The summed E-state index contributed by atoms with van der Waals surface area (Å²) in [5.74, 6) is 0. The highest BCUT2D eigenvalue weighted by atomic mass is 14.4. The molecule has 0 saturated carbocycles. The van der Waals surface area contributed by atoms with E-state index in [9.17, 15) is 0 Å². The minimum Gasteiger partial charge on any atom is -0.0622 e. The van der Waals surface area contributed by atoms with Crippen molar-refractivity contribution in [2.75, 3.05) is 0 Å². The summed E-state index contributed by atoms with van der Waals surface area (Å²) in [6, 6.07) is 72.3. The maximum absolute atomic E-state index is 2.45. The van der Waals surface area contributed by atoms with Crippen LogP contribution >= 0.6 is 0 Å². The molecule has 1 aliphatic rings. The van der Waals surface area contributed by atoms with Crippen molar-refractivity contribution in [2.24, 2.45) is 0 Å². The molecular weight excluding hydrogens is 661 g/mol. The van der Waals surface area contributed by atoms with Crippen LogP contribution in [0.15, 0.2) is 194 Å². The lowest BCUT2D eigenvalue weighted by molar-refractivity contribution is 0.660. The topological polar surface area (TPSA) is 0 Å². The van der Waals surface area contributed by atoms with E-state index in [-0.39, 0.29) is 5.41 Å². The van der Waals surface area contributed by atoms with Crippen LogP contribution < -0.4 is 0 Å². The van der Waals surface area contributed by atoms with E-state index >= 15 is 0 Å². The zero-order chi connectivity index (χ0) is 36.7. The average Bonchev–Trinajstić information content (AvgIpc) is 3.48. The van der Waals surface area contributed by atoms with E-state index in [0.717, 1.165) is 0 Å². The molecule has 0 amide bonds. The zero-order valence-electron chi connectivity index (χ0n) is 31.0. The van der Waals surface area contributed by atoms with Gasteiger partial charge in [-0.3, -0.25) is 0 Å². The Kier molecular flexibility index (Phi) is 7.00. The van der Waals surface area contributed by atoms with Gasteiger partial charge in [-0.25, -0.2) is 0 Å². The summed E-state index contributed by atoms with van der Waals surface area (Å²) in [6.45, 7) is 4.75. The molecule has 0 atom stereocenters. The van der Waals surface area contributed by atoms with Crippen molar-refractivity contribution in [1.82, 2.24) is 0 Å². The van der Waals surface area contributed by atoms with Gasteiger partial charge in [-0.05, 0) is 122 Å². The van der Waals surface area contributed by atoms with Gasteiger partial charge in [-0.1, -0.05) is 196 Å². The number of rotatable bonds is 4. The standard InChI is InChI=1S/C55H38/c1-55(2)50-25-13-12-23-47(50)54-48(24-14-26-51(54)55)53-44-22-11-10-21-43(44)52(46-30-29-38(34-49(46)53)35-15-4-3-5-16-35)45-32-31-40(41-19-8-9-20-42(41)45)39-28-27-36-17-6-7-18-37(36)33-39/h3-34H,1-2H3. The summed E-state index contributed by atoms with van der Waals surface area (Å²) in [6.07, 6.45) is 0. The van der Waals surface area contributed by atoms with Crippen LogP contribution in [0.2, 0.25) is 0 Å². The van der Waals surface area contributed by atoms with Crippen LogP contribution in [0.1, 0.15) is 25.0 Å². The molecule has 0 heterocycles. The van der Waals surface area contributed by atoms with Gasteiger partial charge in [0, 0.05) is 5.41 Å². The third-order valence-corrected chi connectivity index (χ3v) is 12.3. The van der Waals surface area contributed by atoms with E-state index in [4.69, 9.17) is 0 Å². The Morgan fingerprint density at radius 1 is 0.273 bits per heavy atom. The molecule has 55 heavy (non-hydrogen) atoms. The van der Waals surface area contributed by atoms with Crippen LogP contribution in [0.25, 0.3) is 98.7 Å². The van der Waals surface area contributed by atoms with Gasteiger partial charge >= 0.3 is 0 Å². The molecule has 0 unspecified atom stereocenters. The molecular formula is C55H38. The van der Waals surface area contributed by atoms with Gasteiger partial charge in [-0.2, -0.15) is 0 Å². The second kappa shape index (κ2) is 12.1. The molecule has 258 valence electrons. The molecule has 0 heteroatoms. The molecule has 0 nitrogen and oxygen atoms in total. The fourth-order valence-electron chi connectivity index (χ4n) is 9.66. The van der Waals surface area contributed by atoms with E-state index in [2.05, 4.69) is 208 Å². The fraction of sp³-hybridized carbons (Fsp3) is 0.0545. The Balaban J connectivity index is 1.25. The van der Waals surface area contributed by atoms with Gasteiger partial charge in [0.1, 0.15) is 0 Å². The van der Waals surface area contributed by atoms with Crippen LogP contribution in [-0.4, -0.2) is 0 Å². The van der Waals surface area contributed by atoms with E-state index in [0.29, 0.717) is 0 Å². The number of hydrogen-bond donors (Lipinski definition) is 0. The molecule has 0 N–H and O–H groups in total. The van der Waals surface area contributed by atoms with Crippen molar-refractivity contribution in [1.29, 1.82) is 0 Å². The lowest BCUT2D eigenvalue weighted by Crippen LogP contribution is -2.14. The van der Waals surface area contributed by atoms with Crippen molar-refractivity contribution in [3.63, 3.8) is 0 Å². The lowest BCUT2D eigenvalue weighted by Gasteiger charge is -2.23. The van der Waals surface area contributed by atoms with Gasteiger partial charge in [0.05, 0.1) is 0 Å². The third kappa shape index (κ3) is 4.78.